The summed E-state index contributed by atoms with van der Waals surface area (Å²) in [6, 6.07) is 7.09. The Morgan fingerprint density at radius 2 is 2.25 bits per heavy atom. The van der Waals surface area contributed by atoms with Gasteiger partial charge >= 0.3 is 0 Å². The molecule has 0 spiro atoms. The summed E-state index contributed by atoms with van der Waals surface area (Å²) in [5.41, 5.74) is 0.660. The zero-order chi connectivity index (χ0) is 14.6. The van der Waals surface area contributed by atoms with Crippen LogP contribution in [-0.2, 0) is 14.6 Å². The van der Waals surface area contributed by atoms with Gasteiger partial charge in [0.25, 0.3) is 0 Å². The van der Waals surface area contributed by atoms with Crippen molar-refractivity contribution in [2.75, 3.05) is 23.9 Å². The molecular weight excluding hydrogens is 278 g/mol. The summed E-state index contributed by atoms with van der Waals surface area (Å²) in [6.07, 6.45) is 1.70. The van der Waals surface area contributed by atoms with Crippen LogP contribution in [0.25, 0.3) is 0 Å². The molecule has 1 fully saturated rings. The number of nitrogens with one attached hydrogen (secondary N) is 1. The van der Waals surface area contributed by atoms with Crippen LogP contribution in [-0.4, -0.2) is 32.9 Å². The summed E-state index contributed by atoms with van der Waals surface area (Å²) in [7, 11) is -1.40. The maximum Gasteiger partial charge on any atom is 0.224 e. The molecular formula is C14H19NO4S. The number of hydrogen-bond acceptors (Lipinski definition) is 4. The van der Waals surface area contributed by atoms with Crippen molar-refractivity contribution >= 4 is 21.4 Å². The molecule has 0 saturated carbocycles. The van der Waals surface area contributed by atoms with E-state index in [1.807, 2.05) is 0 Å². The second-order valence-electron chi connectivity index (χ2n) is 5.11. The molecule has 1 aliphatic rings. The summed E-state index contributed by atoms with van der Waals surface area (Å²) >= 11 is 0. The SMILES string of the molecule is COc1cccc(NC(=O)CC2CCCS(=O)(=O)C2)c1. The van der Waals surface area contributed by atoms with Crippen molar-refractivity contribution in [2.24, 2.45) is 5.92 Å². The molecule has 1 amide bonds. The van der Waals surface area contributed by atoms with E-state index >= 15 is 0 Å². The first kappa shape index (κ1) is 14.8. The number of benzene rings is 1. The van der Waals surface area contributed by atoms with Gasteiger partial charge in [-0.25, -0.2) is 8.42 Å². The fourth-order valence-corrected chi connectivity index (χ4v) is 4.23. The lowest BCUT2D eigenvalue weighted by molar-refractivity contribution is -0.117. The number of methoxy groups -OCH3 is 1. The zero-order valence-corrected chi connectivity index (χ0v) is 12.3. The molecule has 1 aliphatic heterocycles. The van der Waals surface area contributed by atoms with Gasteiger partial charge in [0.15, 0.2) is 9.84 Å². The van der Waals surface area contributed by atoms with Crippen molar-refractivity contribution in [3.63, 3.8) is 0 Å². The van der Waals surface area contributed by atoms with Crippen LogP contribution < -0.4 is 10.1 Å². The van der Waals surface area contributed by atoms with Crippen LogP contribution in [0.5, 0.6) is 5.75 Å². The van der Waals surface area contributed by atoms with Gasteiger partial charge < -0.3 is 10.1 Å². The molecule has 1 aromatic rings. The number of ether oxygens (including phenoxy) is 1. The highest BCUT2D eigenvalue weighted by atomic mass is 32.2. The Labute approximate surface area is 119 Å². The second-order valence-corrected chi connectivity index (χ2v) is 7.34. The molecule has 1 aromatic carbocycles. The molecule has 1 unspecified atom stereocenters. The fraction of sp³-hybridized carbons (Fsp3) is 0.500. The first-order valence-corrected chi connectivity index (χ1v) is 8.45. The topological polar surface area (TPSA) is 72.5 Å². The van der Waals surface area contributed by atoms with Crippen molar-refractivity contribution in [3.05, 3.63) is 24.3 Å². The van der Waals surface area contributed by atoms with E-state index in [0.29, 0.717) is 17.9 Å². The summed E-state index contributed by atoms with van der Waals surface area (Å²) in [5, 5.41) is 2.78. The van der Waals surface area contributed by atoms with Gasteiger partial charge in [-0.05, 0) is 30.9 Å². The molecule has 1 heterocycles. The number of hydrogen-bond donors (Lipinski definition) is 1. The van der Waals surface area contributed by atoms with Crippen molar-refractivity contribution in [1.29, 1.82) is 0 Å². The molecule has 6 heteroatoms. The second kappa shape index (κ2) is 6.26. The Kier molecular flexibility index (Phi) is 4.65. The molecule has 1 saturated heterocycles. The highest BCUT2D eigenvalue weighted by Crippen LogP contribution is 2.22. The average Bonchev–Trinajstić information content (AvgIpc) is 2.37. The minimum atomic E-state index is -2.96. The highest BCUT2D eigenvalue weighted by Gasteiger charge is 2.26. The van der Waals surface area contributed by atoms with E-state index in [0.717, 1.165) is 6.42 Å². The van der Waals surface area contributed by atoms with E-state index in [9.17, 15) is 13.2 Å². The Hall–Kier alpha value is -1.56. The minimum Gasteiger partial charge on any atom is -0.497 e. The third kappa shape index (κ3) is 4.23. The number of carbonyl (C=O) groups excluding carboxylic acids is 1. The highest BCUT2D eigenvalue weighted by molar-refractivity contribution is 7.91. The molecule has 1 atom stereocenters. The first-order valence-electron chi connectivity index (χ1n) is 6.63. The van der Waals surface area contributed by atoms with E-state index < -0.39 is 9.84 Å². The summed E-state index contributed by atoms with van der Waals surface area (Å²) in [5.74, 6) is 0.822. The molecule has 0 aliphatic carbocycles. The van der Waals surface area contributed by atoms with Crippen molar-refractivity contribution < 1.29 is 17.9 Å². The maximum absolute atomic E-state index is 11.9. The molecule has 0 radical (unpaired) electrons. The Morgan fingerprint density at radius 1 is 1.45 bits per heavy atom. The number of sulfone groups is 1. The van der Waals surface area contributed by atoms with Gasteiger partial charge in [-0.15, -0.1) is 0 Å². The molecule has 20 heavy (non-hydrogen) atoms. The molecule has 2 rings (SSSR count). The zero-order valence-electron chi connectivity index (χ0n) is 11.5. The maximum atomic E-state index is 11.9. The van der Waals surface area contributed by atoms with E-state index in [1.165, 1.54) is 0 Å². The lowest BCUT2D eigenvalue weighted by Crippen LogP contribution is -2.28. The average molecular weight is 297 g/mol. The van der Waals surface area contributed by atoms with E-state index in [1.54, 1.807) is 31.4 Å². The van der Waals surface area contributed by atoms with Crippen LogP contribution in [0.1, 0.15) is 19.3 Å². The summed E-state index contributed by atoms with van der Waals surface area (Å²) in [6.45, 7) is 0. The van der Waals surface area contributed by atoms with Gasteiger partial charge in [0, 0.05) is 18.2 Å². The molecule has 5 nitrogen and oxygen atoms in total. The van der Waals surface area contributed by atoms with Gasteiger partial charge in [0.05, 0.1) is 18.6 Å². The van der Waals surface area contributed by atoms with Crippen LogP contribution in [0, 0.1) is 5.92 Å². The van der Waals surface area contributed by atoms with E-state index in [2.05, 4.69) is 5.32 Å². The van der Waals surface area contributed by atoms with Gasteiger partial charge in [0.2, 0.25) is 5.91 Å². The van der Waals surface area contributed by atoms with Crippen molar-refractivity contribution in [1.82, 2.24) is 0 Å². The van der Waals surface area contributed by atoms with Gasteiger partial charge in [-0.2, -0.15) is 0 Å². The van der Waals surface area contributed by atoms with Crippen molar-refractivity contribution in [3.8, 4) is 5.75 Å². The quantitative estimate of drug-likeness (QED) is 0.920. The number of carbonyl (C=O) groups is 1. The normalized spacial score (nSPS) is 21.1. The van der Waals surface area contributed by atoms with Crippen LogP contribution in [0.2, 0.25) is 0 Å². The van der Waals surface area contributed by atoms with Crippen LogP contribution in [0.4, 0.5) is 5.69 Å². The summed E-state index contributed by atoms with van der Waals surface area (Å²) in [4.78, 5) is 11.9. The number of amides is 1. The number of anilines is 1. The van der Waals surface area contributed by atoms with Crippen LogP contribution >= 0.6 is 0 Å². The molecule has 1 N–H and O–H groups in total. The van der Waals surface area contributed by atoms with Gasteiger partial charge in [-0.1, -0.05) is 6.07 Å². The Bertz CT molecular complexity index is 583. The minimum absolute atomic E-state index is 0.0700. The molecule has 110 valence electrons. The van der Waals surface area contributed by atoms with Gasteiger partial charge in [0.1, 0.15) is 5.75 Å². The standard InChI is InChI=1S/C14H19NO4S/c1-19-13-6-2-5-12(9-13)15-14(16)8-11-4-3-7-20(17,18)10-11/h2,5-6,9,11H,3-4,7-8,10H2,1H3,(H,15,16). The monoisotopic (exact) mass is 297 g/mol. The third-order valence-electron chi connectivity index (χ3n) is 3.38. The Morgan fingerprint density at radius 3 is 2.95 bits per heavy atom. The summed E-state index contributed by atoms with van der Waals surface area (Å²) < 4.78 is 28.2. The van der Waals surface area contributed by atoms with E-state index in [4.69, 9.17) is 4.74 Å². The van der Waals surface area contributed by atoms with Crippen LogP contribution in [0.3, 0.4) is 0 Å². The van der Waals surface area contributed by atoms with E-state index in [-0.39, 0.29) is 29.8 Å². The smallest absolute Gasteiger partial charge is 0.224 e. The van der Waals surface area contributed by atoms with Crippen LogP contribution in [0.15, 0.2) is 24.3 Å². The molecule has 0 aromatic heterocycles. The lowest BCUT2D eigenvalue weighted by Gasteiger charge is -2.21. The third-order valence-corrected chi connectivity index (χ3v) is 5.27. The van der Waals surface area contributed by atoms with Crippen molar-refractivity contribution in [2.45, 2.75) is 19.3 Å². The Balaban J connectivity index is 1.92. The predicted octanol–water partition coefficient (Wildman–Crippen LogP) is 1.85. The van der Waals surface area contributed by atoms with Gasteiger partial charge in [-0.3, -0.25) is 4.79 Å². The molecule has 0 bridgehead atoms. The number of rotatable bonds is 4. The fourth-order valence-electron chi connectivity index (χ4n) is 2.45. The predicted molar refractivity (Wildman–Crippen MR) is 77.6 cm³/mol. The lowest BCUT2D eigenvalue weighted by atomic mass is 10.0. The first-order chi connectivity index (χ1) is 9.48. The largest absolute Gasteiger partial charge is 0.497 e.